The van der Waals surface area contributed by atoms with E-state index >= 15 is 0 Å². The second kappa shape index (κ2) is 6.28. The van der Waals surface area contributed by atoms with Crippen LogP contribution in [0.1, 0.15) is 70.0 Å². The van der Waals surface area contributed by atoms with E-state index in [1.807, 2.05) is 0 Å². The van der Waals surface area contributed by atoms with Gasteiger partial charge < -0.3 is 10.8 Å². The van der Waals surface area contributed by atoms with Gasteiger partial charge in [-0.05, 0) is 35.3 Å². The Kier molecular flexibility index (Phi) is 4.87. The summed E-state index contributed by atoms with van der Waals surface area (Å²) in [6.45, 7) is 6.62. The second-order valence-electron chi connectivity index (χ2n) is 7.29. The summed E-state index contributed by atoms with van der Waals surface area (Å²) in [5.74, 6) is 0.376. The molecule has 0 radical (unpaired) electrons. The van der Waals surface area contributed by atoms with E-state index in [0.29, 0.717) is 5.92 Å². The van der Waals surface area contributed by atoms with Gasteiger partial charge in [0, 0.05) is 0 Å². The van der Waals surface area contributed by atoms with E-state index in [1.54, 1.807) is 0 Å². The molecule has 0 saturated heterocycles. The molecule has 0 spiro atoms. The maximum Gasteiger partial charge on any atom is 0.0760 e. The molecule has 2 rings (SSSR count). The normalized spacial score (nSPS) is 20.6. The van der Waals surface area contributed by atoms with Crippen LogP contribution in [0.4, 0.5) is 0 Å². The number of benzene rings is 1. The summed E-state index contributed by atoms with van der Waals surface area (Å²) in [5.41, 5.74) is 8.79. The van der Waals surface area contributed by atoms with Crippen LogP contribution in [0.15, 0.2) is 24.3 Å². The van der Waals surface area contributed by atoms with Crippen molar-refractivity contribution >= 4 is 0 Å². The average molecular weight is 275 g/mol. The van der Waals surface area contributed by atoms with Crippen molar-refractivity contribution in [2.75, 3.05) is 0 Å². The molecule has 1 aromatic carbocycles. The van der Waals surface area contributed by atoms with Gasteiger partial charge in [0.15, 0.2) is 0 Å². The molecular formula is C18H29NO. The summed E-state index contributed by atoms with van der Waals surface area (Å²) in [6.07, 6.45) is 5.60. The SMILES string of the molecule is CC(C)(C)c1ccc([C@H](N)[C@H](O)C2CCCCC2)cc1. The van der Waals surface area contributed by atoms with Crippen LogP contribution in [-0.4, -0.2) is 11.2 Å². The summed E-state index contributed by atoms with van der Waals surface area (Å²) in [7, 11) is 0. The fourth-order valence-electron chi connectivity index (χ4n) is 3.17. The quantitative estimate of drug-likeness (QED) is 0.878. The van der Waals surface area contributed by atoms with Crippen molar-refractivity contribution in [2.45, 2.75) is 70.4 Å². The standard InChI is InChI=1S/C18H29NO/c1-18(2,3)15-11-9-13(10-12-15)16(19)17(20)14-7-5-4-6-8-14/h9-12,14,16-17,20H,4-8,19H2,1-3H3/t16-,17+/m0/s1. The highest BCUT2D eigenvalue weighted by Gasteiger charge is 2.27. The molecule has 20 heavy (non-hydrogen) atoms. The maximum absolute atomic E-state index is 10.5. The van der Waals surface area contributed by atoms with Crippen LogP contribution in [-0.2, 0) is 5.41 Å². The molecular weight excluding hydrogens is 246 g/mol. The van der Waals surface area contributed by atoms with Crippen molar-refractivity contribution in [1.29, 1.82) is 0 Å². The first-order chi connectivity index (χ1) is 9.39. The monoisotopic (exact) mass is 275 g/mol. The lowest BCUT2D eigenvalue weighted by Crippen LogP contribution is -2.34. The van der Waals surface area contributed by atoms with Gasteiger partial charge >= 0.3 is 0 Å². The minimum Gasteiger partial charge on any atom is -0.391 e. The Bertz CT molecular complexity index is 412. The topological polar surface area (TPSA) is 46.2 Å². The molecule has 2 heteroatoms. The Labute approximate surface area is 123 Å². The highest BCUT2D eigenvalue weighted by atomic mass is 16.3. The molecule has 2 nitrogen and oxygen atoms in total. The highest BCUT2D eigenvalue weighted by molar-refractivity contribution is 5.29. The van der Waals surface area contributed by atoms with E-state index in [2.05, 4.69) is 45.0 Å². The van der Waals surface area contributed by atoms with Crippen molar-refractivity contribution in [2.24, 2.45) is 11.7 Å². The maximum atomic E-state index is 10.5. The minimum atomic E-state index is -0.407. The molecule has 1 aliphatic rings. The van der Waals surface area contributed by atoms with Gasteiger partial charge in [-0.25, -0.2) is 0 Å². The number of aliphatic hydroxyl groups excluding tert-OH is 1. The van der Waals surface area contributed by atoms with Gasteiger partial charge in [0.1, 0.15) is 0 Å². The first-order valence-corrected chi connectivity index (χ1v) is 7.93. The third-order valence-corrected chi connectivity index (χ3v) is 4.66. The summed E-state index contributed by atoms with van der Waals surface area (Å²) >= 11 is 0. The molecule has 112 valence electrons. The van der Waals surface area contributed by atoms with Crippen molar-refractivity contribution in [1.82, 2.24) is 0 Å². The number of hydrogen-bond donors (Lipinski definition) is 2. The van der Waals surface area contributed by atoms with Crippen LogP contribution in [0, 0.1) is 5.92 Å². The molecule has 0 aromatic heterocycles. The molecule has 2 atom stereocenters. The fraction of sp³-hybridized carbons (Fsp3) is 0.667. The largest absolute Gasteiger partial charge is 0.391 e. The van der Waals surface area contributed by atoms with Crippen LogP contribution in [0.3, 0.4) is 0 Å². The third-order valence-electron chi connectivity index (χ3n) is 4.66. The Hall–Kier alpha value is -0.860. The van der Waals surface area contributed by atoms with Gasteiger partial charge in [0.25, 0.3) is 0 Å². The minimum absolute atomic E-state index is 0.157. The Morgan fingerprint density at radius 2 is 1.60 bits per heavy atom. The van der Waals surface area contributed by atoms with Crippen molar-refractivity contribution in [3.63, 3.8) is 0 Å². The van der Waals surface area contributed by atoms with Crippen molar-refractivity contribution in [3.05, 3.63) is 35.4 Å². The van der Waals surface area contributed by atoms with Gasteiger partial charge in [-0.15, -0.1) is 0 Å². The highest BCUT2D eigenvalue weighted by Crippen LogP contribution is 2.32. The number of hydrogen-bond acceptors (Lipinski definition) is 2. The van der Waals surface area contributed by atoms with E-state index in [4.69, 9.17) is 5.73 Å². The lowest BCUT2D eigenvalue weighted by atomic mass is 9.80. The van der Waals surface area contributed by atoms with Gasteiger partial charge in [-0.2, -0.15) is 0 Å². The van der Waals surface area contributed by atoms with E-state index in [0.717, 1.165) is 18.4 Å². The summed E-state index contributed by atoms with van der Waals surface area (Å²) in [6, 6.07) is 8.19. The fourth-order valence-corrected chi connectivity index (χ4v) is 3.17. The zero-order valence-electron chi connectivity index (χ0n) is 13.1. The summed E-state index contributed by atoms with van der Waals surface area (Å²) in [5, 5.41) is 10.5. The molecule has 1 aliphatic carbocycles. The molecule has 0 amide bonds. The van der Waals surface area contributed by atoms with Gasteiger partial charge in [0.2, 0.25) is 0 Å². The predicted molar refractivity (Wildman–Crippen MR) is 84.7 cm³/mol. The lowest BCUT2D eigenvalue weighted by Gasteiger charge is -2.31. The summed E-state index contributed by atoms with van der Waals surface area (Å²) in [4.78, 5) is 0. The zero-order valence-corrected chi connectivity index (χ0v) is 13.1. The Morgan fingerprint density at radius 3 is 2.10 bits per heavy atom. The first-order valence-electron chi connectivity index (χ1n) is 7.93. The summed E-state index contributed by atoms with van der Waals surface area (Å²) < 4.78 is 0. The molecule has 0 aliphatic heterocycles. The zero-order chi connectivity index (χ0) is 14.8. The molecule has 3 N–H and O–H groups in total. The molecule has 1 aromatic rings. The number of nitrogens with two attached hydrogens (primary N) is 1. The average Bonchev–Trinajstić information content (AvgIpc) is 2.46. The number of aliphatic hydroxyl groups is 1. The Morgan fingerprint density at radius 1 is 1.05 bits per heavy atom. The third kappa shape index (κ3) is 3.62. The van der Waals surface area contributed by atoms with E-state index in [9.17, 15) is 5.11 Å². The van der Waals surface area contributed by atoms with Crippen LogP contribution in [0.25, 0.3) is 0 Å². The number of rotatable bonds is 3. The molecule has 0 unspecified atom stereocenters. The van der Waals surface area contributed by atoms with E-state index in [-0.39, 0.29) is 11.5 Å². The van der Waals surface area contributed by atoms with Crippen LogP contribution in [0.5, 0.6) is 0 Å². The van der Waals surface area contributed by atoms with Crippen molar-refractivity contribution in [3.8, 4) is 0 Å². The van der Waals surface area contributed by atoms with Crippen LogP contribution in [0.2, 0.25) is 0 Å². The Balaban J connectivity index is 2.06. The van der Waals surface area contributed by atoms with Gasteiger partial charge in [0.05, 0.1) is 12.1 Å². The second-order valence-corrected chi connectivity index (χ2v) is 7.29. The smallest absolute Gasteiger partial charge is 0.0760 e. The molecule has 0 heterocycles. The van der Waals surface area contributed by atoms with Gasteiger partial charge in [-0.1, -0.05) is 64.3 Å². The van der Waals surface area contributed by atoms with Crippen LogP contribution < -0.4 is 5.73 Å². The molecule has 1 saturated carbocycles. The predicted octanol–water partition coefficient (Wildman–Crippen LogP) is 3.93. The lowest BCUT2D eigenvalue weighted by molar-refractivity contribution is 0.0618. The van der Waals surface area contributed by atoms with E-state index < -0.39 is 6.10 Å². The van der Waals surface area contributed by atoms with Gasteiger partial charge in [-0.3, -0.25) is 0 Å². The molecule has 0 bridgehead atoms. The van der Waals surface area contributed by atoms with Crippen molar-refractivity contribution < 1.29 is 5.11 Å². The van der Waals surface area contributed by atoms with Crippen LogP contribution >= 0.6 is 0 Å². The van der Waals surface area contributed by atoms with E-state index in [1.165, 1.54) is 24.8 Å². The first kappa shape index (κ1) is 15.5. The molecule has 1 fully saturated rings.